The number of halogens is 4. The first-order chi connectivity index (χ1) is 8.35. The fourth-order valence-corrected chi connectivity index (χ4v) is 1.59. The topological polar surface area (TPSA) is 30.5 Å². The molecule has 0 saturated heterocycles. The third-order valence-corrected chi connectivity index (χ3v) is 2.43. The molecule has 1 rings (SSSR count). The molecular formula is C11H13F4NO2. The number of alkyl halides is 3. The van der Waals surface area contributed by atoms with E-state index in [4.69, 9.17) is 9.47 Å². The summed E-state index contributed by atoms with van der Waals surface area (Å²) in [5, 5.41) is 2.03. The molecule has 0 radical (unpaired) electrons. The summed E-state index contributed by atoms with van der Waals surface area (Å²) >= 11 is 0. The first-order valence-corrected chi connectivity index (χ1v) is 5.00. The molecule has 18 heavy (non-hydrogen) atoms. The van der Waals surface area contributed by atoms with Gasteiger partial charge in [-0.3, -0.25) is 0 Å². The smallest absolute Gasteiger partial charge is 0.408 e. The van der Waals surface area contributed by atoms with E-state index in [2.05, 4.69) is 0 Å². The fourth-order valence-electron chi connectivity index (χ4n) is 1.59. The maximum absolute atomic E-state index is 13.6. The predicted octanol–water partition coefficient (Wildman–Crippen LogP) is 2.67. The minimum atomic E-state index is -4.60. The van der Waals surface area contributed by atoms with E-state index in [1.165, 1.54) is 14.2 Å². The number of nitrogens with one attached hydrogen (secondary N) is 1. The normalized spacial score (nSPS) is 13.3. The summed E-state index contributed by atoms with van der Waals surface area (Å²) in [5.74, 6) is -0.932. The summed E-state index contributed by atoms with van der Waals surface area (Å²) in [6.07, 6.45) is -4.60. The van der Waals surface area contributed by atoms with Crippen LogP contribution >= 0.6 is 0 Å². The predicted molar refractivity (Wildman–Crippen MR) is 57.4 cm³/mol. The van der Waals surface area contributed by atoms with Gasteiger partial charge in [0.15, 0.2) is 11.5 Å². The standard InChI is InChI=1S/C11H13F4NO2/c1-16-10(11(13,14)15)6-4-8(17-2)9(18-3)5-7(6)12/h4-5,10,16H,1-3H3. The third-order valence-electron chi connectivity index (χ3n) is 2.43. The van der Waals surface area contributed by atoms with Crippen molar-refractivity contribution >= 4 is 0 Å². The van der Waals surface area contributed by atoms with Crippen molar-refractivity contribution in [3.63, 3.8) is 0 Å². The van der Waals surface area contributed by atoms with Crippen LogP contribution in [0.2, 0.25) is 0 Å². The molecule has 0 aliphatic carbocycles. The zero-order valence-corrected chi connectivity index (χ0v) is 10.1. The molecule has 1 aromatic rings. The molecule has 0 amide bonds. The lowest BCUT2D eigenvalue weighted by molar-refractivity contribution is -0.157. The van der Waals surface area contributed by atoms with E-state index < -0.39 is 23.6 Å². The molecule has 1 aromatic carbocycles. The van der Waals surface area contributed by atoms with Crippen molar-refractivity contribution in [3.8, 4) is 11.5 Å². The largest absolute Gasteiger partial charge is 0.493 e. The molecule has 0 aromatic heterocycles. The van der Waals surface area contributed by atoms with Gasteiger partial charge in [0, 0.05) is 11.6 Å². The second-order valence-electron chi connectivity index (χ2n) is 3.49. The first-order valence-electron chi connectivity index (χ1n) is 5.00. The first kappa shape index (κ1) is 14.6. The second-order valence-corrected chi connectivity index (χ2v) is 3.49. The second kappa shape index (κ2) is 5.43. The highest BCUT2D eigenvalue weighted by atomic mass is 19.4. The Hall–Kier alpha value is -1.50. The molecule has 0 bridgehead atoms. The number of hydrogen-bond acceptors (Lipinski definition) is 3. The van der Waals surface area contributed by atoms with Crippen molar-refractivity contribution < 1.29 is 27.0 Å². The van der Waals surface area contributed by atoms with Gasteiger partial charge in [0.1, 0.15) is 11.9 Å². The van der Waals surface area contributed by atoms with Crippen molar-refractivity contribution in [2.45, 2.75) is 12.2 Å². The van der Waals surface area contributed by atoms with Gasteiger partial charge in [-0.15, -0.1) is 0 Å². The molecule has 1 N–H and O–H groups in total. The lowest BCUT2D eigenvalue weighted by atomic mass is 10.0. The Balaban J connectivity index is 3.32. The Labute approximate surface area is 102 Å². The van der Waals surface area contributed by atoms with Crippen LogP contribution in [0.25, 0.3) is 0 Å². The van der Waals surface area contributed by atoms with Gasteiger partial charge in [0.05, 0.1) is 14.2 Å². The summed E-state index contributed by atoms with van der Waals surface area (Å²) in [7, 11) is 3.64. The van der Waals surface area contributed by atoms with Crippen LogP contribution in [-0.4, -0.2) is 27.4 Å². The molecular weight excluding hydrogens is 254 g/mol. The zero-order valence-electron chi connectivity index (χ0n) is 10.1. The van der Waals surface area contributed by atoms with Gasteiger partial charge in [-0.2, -0.15) is 13.2 Å². The Bertz CT molecular complexity index is 420. The lowest BCUT2D eigenvalue weighted by Crippen LogP contribution is -2.32. The highest BCUT2D eigenvalue weighted by Crippen LogP contribution is 2.38. The van der Waals surface area contributed by atoms with Crippen LogP contribution < -0.4 is 14.8 Å². The highest BCUT2D eigenvalue weighted by Gasteiger charge is 2.41. The quantitative estimate of drug-likeness (QED) is 0.851. The van der Waals surface area contributed by atoms with Gasteiger partial charge in [-0.25, -0.2) is 4.39 Å². The van der Waals surface area contributed by atoms with E-state index in [-0.39, 0.29) is 11.5 Å². The van der Waals surface area contributed by atoms with Crippen LogP contribution in [0.1, 0.15) is 11.6 Å². The van der Waals surface area contributed by atoms with Crippen LogP contribution in [0.3, 0.4) is 0 Å². The van der Waals surface area contributed by atoms with E-state index in [1.807, 2.05) is 5.32 Å². The molecule has 102 valence electrons. The van der Waals surface area contributed by atoms with Crippen molar-refractivity contribution in [2.75, 3.05) is 21.3 Å². The van der Waals surface area contributed by atoms with Gasteiger partial charge in [-0.1, -0.05) is 0 Å². The summed E-state index contributed by atoms with van der Waals surface area (Å²) in [4.78, 5) is 0. The molecule has 0 aliphatic heterocycles. The average Bonchev–Trinajstić information content (AvgIpc) is 2.29. The van der Waals surface area contributed by atoms with Crippen LogP contribution in [0.15, 0.2) is 12.1 Å². The SMILES string of the molecule is CNC(c1cc(OC)c(OC)cc1F)C(F)(F)F. The van der Waals surface area contributed by atoms with Gasteiger partial charge in [0.2, 0.25) is 0 Å². The Morgan fingerprint density at radius 1 is 1.11 bits per heavy atom. The van der Waals surface area contributed by atoms with Gasteiger partial charge in [-0.05, 0) is 13.1 Å². The van der Waals surface area contributed by atoms with Gasteiger partial charge >= 0.3 is 6.18 Å². The third kappa shape index (κ3) is 2.84. The van der Waals surface area contributed by atoms with E-state index >= 15 is 0 Å². The van der Waals surface area contributed by atoms with Crippen molar-refractivity contribution in [3.05, 3.63) is 23.5 Å². The molecule has 7 heteroatoms. The average molecular weight is 267 g/mol. The number of rotatable bonds is 4. The molecule has 0 saturated carbocycles. The number of hydrogen-bond donors (Lipinski definition) is 1. The van der Waals surface area contributed by atoms with Crippen LogP contribution in [-0.2, 0) is 0 Å². The lowest BCUT2D eigenvalue weighted by Gasteiger charge is -2.21. The van der Waals surface area contributed by atoms with E-state index in [9.17, 15) is 17.6 Å². The fraction of sp³-hybridized carbons (Fsp3) is 0.455. The summed E-state index contributed by atoms with van der Waals surface area (Å²) in [6, 6.07) is -0.259. The van der Waals surface area contributed by atoms with E-state index in [1.54, 1.807) is 0 Å². The molecule has 3 nitrogen and oxygen atoms in total. The summed E-state index contributed by atoms with van der Waals surface area (Å²) in [5.41, 5.74) is -0.539. The van der Waals surface area contributed by atoms with E-state index in [0.717, 1.165) is 19.2 Å². The van der Waals surface area contributed by atoms with Crippen LogP contribution in [0.4, 0.5) is 17.6 Å². The van der Waals surface area contributed by atoms with E-state index in [0.29, 0.717) is 0 Å². The monoisotopic (exact) mass is 267 g/mol. The maximum atomic E-state index is 13.6. The van der Waals surface area contributed by atoms with Gasteiger partial charge < -0.3 is 14.8 Å². The molecule has 0 heterocycles. The van der Waals surface area contributed by atoms with Crippen LogP contribution in [0.5, 0.6) is 11.5 Å². The zero-order chi connectivity index (χ0) is 13.9. The highest BCUT2D eigenvalue weighted by molar-refractivity contribution is 5.45. The summed E-state index contributed by atoms with van der Waals surface area (Å²) in [6.45, 7) is 0. The molecule has 1 atom stereocenters. The molecule has 0 spiro atoms. The molecule has 1 unspecified atom stereocenters. The number of ether oxygens (including phenoxy) is 2. The molecule has 0 fully saturated rings. The Kier molecular flexibility index (Phi) is 4.39. The van der Waals surface area contributed by atoms with Crippen molar-refractivity contribution in [1.82, 2.24) is 5.32 Å². The Morgan fingerprint density at radius 3 is 2.00 bits per heavy atom. The Morgan fingerprint density at radius 2 is 1.61 bits per heavy atom. The minimum Gasteiger partial charge on any atom is -0.493 e. The summed E-state index contributed by atoms with van der Waals surface area (Å²) < 4.78 is 61.4. The maximum Gasteiger partial charge on any atom is 0.408 e. The van der Waals surface area contributed by atoms with Crippen molar-refractivity contribution in [1.29, 1.82) is 0 Å². The van der Waals surface area contributed by atoms with Crippen LogP contribution in [0, 0.1) is 5.82 Å². The number of methoxy groups -OCH3 is 2. The van der Waals surface area contributed by atoms with Crippen molar-refractivity contribution in [2.24, 2.45) is 0 Å². The number of benzene rings is 1. The van der Waals surface area contributed by atoms with Gasteiger partial charge in [0.25, 0.3) is 0 Å². The minimum absolute atomic E-state index is 0.0378. The molecule has 0 aliphatic rings.